The summed E-state index contributed by atoms with van der Waals surface area (Å²) in [5.74, 6) is 0. The second-order valence-corrected chi connectivity index (χ2v) is 3.17. The molecule has 0 bridgehead atoms. The summed E-state index contributed by atoms with van der Waals surface area (Å²) in [6, 6.07) is 7.69. The van der Waals surface area contributed by atoms with E-state index >= 15 is 0 Å². The van der Waals surface area contributed by atoms with Gasteiger partial charge < -0.3 is 14.7 Å². The van der Waals surface area contributed by atoms with Gasteiger partial charge in [-0.25, -0.2) is 0 Å². The van der Waals surface area contributed by atoms with Gasteiger partial charge in [-0.15, -0.1) is 0 Å². The first kappa shape index (κ1) is 11.7. The second-order valence-electron chi connectivity index (χ2n) is 3.17. The third-order valence-corrected chi connectivity index (χ3v) is 1.95. The van der Waals surface area contributed by atoms with Crippen LogP contribution in [0.15, 0.2) is 29.4 Å². The van der Waals surface area contributed by atoms with Crippen LogP contribution < -0.4 is 0 Å². The van der Waals surface area contributed by atoms with Crippen LogP contribution in [-0.4, -0.2) is 31.4 Å². The number of methoxy groups -OCH3 is 1. The van der Waals surface area contributed by atoms with Gasteiger partial charge in [-0.05, 0) is 6.92 Å². The predicted molar refractivity (Wildman–Crippen MR) is 57.3 cm³/mol. The van der Waals surface area contributed by atoms with Crippen LogP contribution >= 0.6 is 0 Å². The number of ether oxygens (including phenoxy) is 2. The maximum atomic E-state index is 8.82. The van der Waals surface area contributed by atoms with Crippen LogP contribution in [0.25, 0.3) is 0 Å². The summed E-state index contributed by atoms with van der Waals surface area (Å²) in [7, 11) is 1.54. The summed E-state index contributed by atoms with van der Waals surface area (Å²) in [6.45, 7) is 2.42. The smallest absolute Gasteiger partial charge is 0.146 e. The van der Waals surface area contributed by atoms with E-state index in [0.717, 1.165) is 11.1 Å². The van der Waals surface area contributed by atoms with Gasteiger partial charge in [0, 0.05) is 12.7 Å². The normalized spacial score (nSPS) is 11.7. The molecule has 0 aliphatic carbocycles. The lowest BCUT2D eigenvalue weighted by atomic mass is 10.1. The van der Waals surface area contributed by atoms with Crippen molar-refractivity contribution in [2.24, 2.45) is 5.16 Å². The topological polar surface area (TPSA) is 51.0 Å². The first-order valence-electron chi connectivity index (χ1n) is 4.62. The van der Waals surface area contributed by atoms with Crippen molar-refractivity contribution in [1.82, 2.24) is 0 Å². The van der Waals surface area contributed by atoms with E-state index in [1.807, 2.05) is 31.2 Å². The molecule has 1 rings (SSSR count). The number of hydrogen-bond donors (Lipinski definition) is 1. The maximum absolute atomic E-state index is 8.82. The minimum atomic E-state index is 0.185. The van der Waals surface area contributed by atoms with E-state index in [-0.39, 0.29) is 13.4 Å². The Morgan fingerprint density at radius 2 is 2.00 bits per heavy atom. The molecule has 4 nitrogen and oxygen atoms in total. The summed E-state index contributed by atoms with van der Waals surface area (Å²) in [5.41, 5.74) is 2.50. The van der Waals surface area contributed by atoms with Gasteiger partial charge in [-0.2, -0.15) is 0 Å². The van der Waals surface area contributed by atoms with Crippen LogP contribution in [-0.2, 0) is 9.47 Å². The lowest BCUT2D eigenvalue weighted by molar-refractivity contribution is -0.0148. The zero-order valence-electron chi connectivity index (χ0n) is 8.93. The van der Waals surface area contributed by atoms with Crippen LogP contribution in [0.2, 0.25) is 0 Å². The van der Waals surface area contributed by atoms with Crippen molar-refractivity contribution in [2.75, 3.05) is 20.5 Å². The average Bonchev–Trinajstić information content (AvgIpc) is 2.26. The third-order valence-electron chi connectivity index (χ3n) is 1.95. The lowest BCUT2D eigenvalue weighted by Gasteiger charge is -2.05. The van der Waals surface area contributed by atoms with Crippen LogP contribution in [0.3, 0.4) is 0 Å². The molecule has 4 heteroatoms. The summed E-state index contributed by atoms with van der Waals surface area (Å²) in [4.78, 5) is 0. The first-order chi connectivity index (χ1) is 7.27. The van der Waals surface area contributed by atoms with Crippen LogP contribution in [0.5, 0.6) is 0 Å². The summed E-state index contributed by atoms with van der Waals surface area (Å²) in [6.07, 6.45) is 0. The minimum absolute atomic E-state index is 0.185. The highest BCUT2D eigenvalue weighted by molar-refractivity contribution is 6.01. The highest BCUT2D eigenvalue weighted by Crippen LogP contribution is 2.05. The van der Waals surface area contributed by atoms with E-state index in [9.17, 15) is 0 Å². The average molecular weight is 209 g/mol. The molecular weight excluding hydrogens is 194 g/mol. The number of oxime groups is 1. The fraction of sp³-hybridized carbons (Fsp3) is 0.364. The fourth-order valence-electron chi connectivity index (χ4n) is 1.14. The molecule has 0 saturated carbocycles. The Bertz CT molecular complexity index is 319. The highest BCUT2D eigenvalue weighted by atomic mass is 16.7. The molecule has 0 amide bonds. The quantitative estimate of drug-likeness (QED) is 0.264. The Labute approximate surface area is 89.1 Å². The molecule has 0 atom stereocenters. The molecule has 0 aliphatic rings. The van der Waals surface area contributed by atoms with Crippen molar-refractivity contribution >= 4 is 5.71 Å². The van der Waals surface area contributed by atoms with Gasteiger partial charge in [0.1, 0.15) is 12.5 Å². The molecule has 0 fully saturated rings. The fourth-order valence-corrected chi connectivity index (χ4v) is 1.14. The van der Waals surface area contributed by atoms with E-state index in [1.54, 1.807) is 7.11 Å². The monoisotopic (exact) mass is 209 g/mol. The lowest BCUT2D eigenvalue weighted by Crippen LogP contribution is -2.12. The number of aryl methyl sites for hydroxylation is 1. The summed E-state index contributed by atoms with van der Waals surface area (Å²) < 4.78 is 9.84. The molecule has 1 aromatic carbocycles. The maximum Gasteiger partial charge on any atom is 0.146 e. The Hall–Kier alpha value is -1.39. The molecular formula is C11H15NO3. The van der Waals surface area contributed by atoms with E-state index in [0.29, 0.717) is 5.71 Å². The van der Waals surface area contributed by atoms with Gasteiger partial charge >= 0.3 is 0 Å². The number of nitrogens with zero attached hydrogens (tertiary/aromatic N) is 1. The van der Waals surface area contributed by atoms with E-state index < -0.39 is 0 Å². The molecule has 0 aromatic heterocycles. The molecule has 15 heavy (non-hydrogen) atoms. The zero-order chi connectivity index (χ0) is 11.1. The summed E-state index contributed by atoms with van der Waals surface area (Å²) in [5, 5.41) is 12.0. The van der Waals surface area contributed by atoms with Gasteiger partial charge in [-0.1, -0.05) is 35.0 Å². The SMILES string of the molecule is COCOC/C(=N\O)c1ccc(C)cc1. The highest BCUT2D eigenvalue weighted by Gasteiger charge is 2.03. The molecule has 0 spiro atoms. The molecule has 82 valence electrons. The van der Waals surface area contributed by atoms with Crippen LogP contribution in [0, 0.1) is 6.92 Å². The van der Waals surface area contributed by atoms with Gasteiger partial charge in [0.25, 0.3) is 0 Å². The molecule has 0 aliphatic heterocycles. The van der Waals surface area contributed by atoms with E-state index in [4.69, 9.17) is 14.7 Å². The van der Waals surface area contributed by atoms with E-state index in [2.05, 4.69) is 5.16 Å². The Balaban J connectivity index is 2.63. The zero-order valence-corrected chi connectivity index (χ0v) is 8.93. The van der Waals surface area contributed by atoms with Crippen molar-refractivity contribution in [3.63, 3.8) is 0 Å². The van der Waals surface area contributed by atoms with Gasteiger partial charge in [-0.3, -0.25) is 0 Å². The van der Waals surface area contributed by atoms with Crippen molar-refractivity contribution < 1.29 is 14.7 Å². The van der Waals surface area contributed by atoms with Crippen molar-refractivity contribution in [3.8, 4) is 0 Å². The Morgan fingerprint density at radius 1 is 1.33 bits per heavy atom. The Kier molecular flexibility index (Phi) is 4.80. The van der Waals surface area contributed by atoms with Crippen molar-refractivity contribution in [2.45, 2.75) is 6.92 Å². The Morgan fingerprint density at radius 3 is 2.53 bits per heavy atom. The number of rotatable bonds is 5. The second kappa shape index (κ2) is 6.16. The predicted octanol–water partition coefficient (Wildman–Crippen LogP) is 1.79. The number of benzene rings is 1. The molecule has 0 saturated heterocycles. The summed E-state index contributed by atoms with van der Waals surface area (Å²) >= 11 is 0. The van der Waals surface area contributed by atoms with Gasteiger partial charge in [0.15, 0.2) is 0 Å². The largest absolute Gasteiger partial charge is 0.411 e. The molecule has 0 unspecified atom stereocenters. The number of hydrogen-bond acceptors (Lipinski definition) is 4. The van der Waals surface area contributed by atoms with Crippen LogP contribution in [0.4, 0.5) is 0 Å². The molecule has 0 heterocycles. The molecule has 0 radical (unpaired) electrons. The third kappa shape index (κ3) is 3.69. The first-order valence-corrected chi connectivity index (χ1v) is 4.62. The van der Waals surface area contributed by atoms with Gasteiger partial charge in [0.05, 0.1) is 6.61 Å². The molecule has 1 aromatic rings. The molecule has 1 N–H and O–H groups in total. The minimum Gasteiger partial charge on any atom is -0.411 e. The van der Waals surface area contributed by atoms with E-state index in [1.165, 1.54) is 0 Å². The van der Waals surface area contributed by atoms with Crippen molar-refractivity contribution in [3.05, 3.63) is 35.4 Å². The standard InChI is InChI=1S/C11H15NO3/c1-9-3-5-10(6-4-9)11(12-13)7-15-8-14-2/h3-6,13H,7-8H2,1-2H3/b12-11+. The van der Waals surface area contributed by atoms with Crippen molar-refractivity contribution in [1.29, 1.82) is 0 Å². The van der Waals surface area contributed by atoms with Gasteiger partial charge in [0.2, 0.25) is 0 Å². The van der Waals surface area contributed by atoms with Crippen LogP contribution in [0.1, 0.15) is 11.1 Å².